The van der Waals surface area contributed by atoms with Crippen LogP contribution in [0.15, 0.2) is 0 Å². The van der Waals surface area contributed by atoms with Gasteiger partial charge in [0.2, 0.25) is 0 Å². The smallest absolute Gasteiger partial charge is 0.335 e. The molecule has 0 spiro atoms. The molecule has 0 aromatic heterocycles. The van der Waals surface area contributed by atoms with Crippen LogP contribution in [-0.2, 0) is 0 Å². The molecule has 1 unspecified atom stereocenters. The Bertz CT molecular complexity index is 213. The van der Waals surface area contributed by atoms with Crippen molar-refractivity contribution in [2.45, 2.75) is 32.0 Å². The fourth-order valence-electron chi connectivity index (χ4n) is 1.15. The molecule has 0 aromatic carbocycles. The molecule has 1 rings (SSSR count). The van der Waals surface area contributed by atoms with Crippen LogP contribution in [0.4, 0.5) is 18.0 Å². The van der Waals surface area contributed by atoms with Gasteiger partial charge < -0.3 is 10.6 Å². The number of rotatable bonds is 3. The first-order valence-corrected chi connectivity index (χ1v) is 4.49. The van der Waals surface area contributed by atoms with Crippen LogP contribution in [-0.4, -0.2) is 24.8 Å². The van der Waals surface area contributed by atoms with E-state index in [0.29, 0.717) is 5.92 Å². The molecule has 1 aliphatic carbocycles. The molecule has 0 bridgehead atoms. The third-order valence-corrected chi connectivity index (χ3v) is 2.14. The summed E-state index contributed by atoms with van der Waals surface area (Å²) in [6.45, 7) is 0.515. The first-order chi connectivity index (χ1) is 6.38. The fraction of sp³-hybridized carbons (Fsp3) is 0.875. The van der Waals surface area contributed by atoms with Gasteiger partial charge >= 0.3 is 12.2 Å². The Hall–Kier alpha value is -0.940. The predicted octanol–water partition coefficient (Wildman–Crippen LogP) is 1.65. The van der Waals surface area contributed by atoms with Crippen molar-refractivity contribution in [2.24, 2.45) is 5.92 Å². The van der Waals surface area contributed by atoms with Crippen LogP contribution in [0, 0.1) is 5.92 Å². The molecule has 1 atom stereocenters. The topological polar surface area (TPSA) is 41.1 Å². The van der Waals surface area contributed by atoms with E-state index in [9.17, 15) is 18.0 Å². The molecule has 1 aliphatic rings. The number of carbonyl (C=O) groups excluding carboxylic acids is 1. The van der Waals surface area contributed by atoms with Crippen molar-refractivity contribution in [2.75, 3.05) is 6.54 Å². The number of halogens is 3. The number of alkyl halides is 3. The monoisotopic (exact) mass is 210 g/mol. The van der Waals surface area contributed by atoms with Crippen LogP contribution in [0.2, 0.25) is 0 Å². The summed E-state index contributed by atoms with van der Waals surface area (Å²) in [7, 11) is 0. The summed E-state index contributed by atoms with van der Waals surface area (Å²) in [4.78, 5) is 10.9. The maximum atomic E-state index is 11.7. The molecule has 1 fully saturated rings. The van der Waals surface area contributed by atoms with Crippen molar-refractivity contribution in [3.05, 3.63) is 0 Å². The normalized spacial score (nSPS) is 18.9. The maximum Gasteiger partial charge on any atom is 0.405 e. The standard InChI is InChI=1S/C8H13F3N2O/c1-5(6-2-3-6)13-7(14)12-4-8(9,10)11/h5-6H,2-4H2,1H3,(H2,12,13,14). The average molecular weight is 210 g/mol. The van der Waals surface area contributed by atoms with Gasteiger partial charge in [-0.2, -0.15) is 13.2 Å². The number of carbonyl (C=O) groups is 1. The first-order valence-electron chi connectivity index (χ1n) is 4.49. The molecular weight excluding hydrogens is 197 g/mol. The summed E-state index contributed by atoms with van der Waals surface area (Å²) >= 11 is 0. The van der Waals surface area contributed by atoms with Crippen LogP contribution in [0.5, 0.6) is 0 Å². The van der Waals surface area contributed by atoms with Crippen molar-refractivity contribution < 1.29 is 18.0 Å². The number of nitrogens with one attached hydrogen (secondary N) is 2. The van der Waals surface area contributed by atoms with Crippen molar-refractivity contribution >= 4 is 6.03 Å². The molecule has 0 aromatic rings. The molecule has 82 valence electrons. The Labute approximate surface area is 80.0 Å². The largest absolute Gasteiger partial charge is 0.405 e. The van der Waals surface area contributed by atoms with Gasteiger partial charge in [-0.25, -0.2) is 4.79 Å². The van der Waals surface area contributed by atoms with E-state index in [-0.39, 0.29) is 6.04 Å². The van der Waals surface area contributed by atoms with Crippen LogP contribution in [0.1, 0.15) is 19.8 Å². The Kier molecular flexibility index (Phi) is 3.23. The molecule has 6 heteroatoms. The SMILES string of the molecule is CC(NC(=O)NCC(F)(F)F)C1CC1. The molecule has 0 radical (unpaired) electrons. The van der Waals surface area contributed by atoms with Gasteiger partial charge in [0.05, 0.1) is 0 Å². The molecule has 0 aliphatic heterocycles. The summed E-state index contributed by atoms with van der Waals surface area (Å²) in [5.41, 5.74) is 0. The lowest BCUT2D eigenvalue weighted by Gasteiger charge is -2.14. The second-order valence-corrected chi connectivity index (χ2v) is 3.57. The molecule has 1 saturated carbocycles. The average Bonchev–Trinajstić information content (AvgIpc) is 2.81. The Morgan fingerprint density at radius 1 is 1.50 bits per heavy atom. The Morgan fingerprint density at radius 2 is 2.07 bits per heavy atom. The van der Waals surface area contributed by atoms with Gasteiger partial charge in [-0.1, -0.05) is 0 Å². The quantitative estimate of drug-likeness (QED) is 0.730. The predicted molar refractivity (Wildman–Crippen MR) is 44.8 cm³/mol. The number of amides is 2. The van der Waals surface area contributed by atoms with Crippen molar-refractivity contribution in [1.29, 1.82) is 0 Å². The maximum absolute atomic E-state index is 11.7. The van der Waals surface area contributed by atoms with Gasteiger partial charge in [-0.05, 0) is 25.7 Å². The van der Waals surface area contributed by atoms with Crippen molar-refractivity contribution in [1.82, 2.24) is 10.6 Å². The minimum atomic E-state index is -4.35. The van der Waals surface area contributed by atoms with Gasteiger partial charge in [0.1, 0.15) is 6.54 Å². The zero-order valence-electron chi connectivity index (χ0n) is 7.82. The van der Waals surface area contributed by atoms with Gasteiger partial charge in [-0.3, -0.25) is 0 Å². The van der Waals surface area contributed by atoms with Crippen molar-refractivity contribution in [3.63, 3.8) is 0 Å². The summed E-state index contributed by atoms with van der Waals surface area (Å²) in [5.74, 6) is 0.437. The third kappa shape index (κ3) is 4.34. The van der Waals surface area contributed by atoms with Crippen LogP contribution in [0.25, 0.3) is 0 Å². The van der Waals surface area contributed by atoms with E-state index in [1.54, 1.807) is 12.2 Å². The van der Waals surface area contributed by atoms with E-state index in [1.807, 2.05) is 0 Å². The van der Waals surface area contributed by atoms with Gasteiger partial charge in [0.25, 0.3) is 0 Å². The summed E-state index contributed by atoms with van der Waals surface area (Å²) in [6, 6.07) is -0.787. The molecule has 0 saturated heterocycles. The molecule has 0 heterocycles. The second-order valence-electron chi connectivity index (χ2n) is 3.57. The lowest BCUT2D eigenvalue weighted by Crippen LogP contribution is -2.44. The Morgan fingerprint density at radius 3 is 2.50 bits per heavy atom. The van der Waals surface area contributed by atoms with Crippen molar-refractivity contribution in [3.8, 4) is 0 Å². The zero-order chi connectivity index (χ0) is 10.8. The van der Waals surface area contributed by atoms with E-state index in [1.165, 1.54) is 0 Å². The molecule has 2 N–H and O–H groups in total. The summed E-state index contributed by atoms with van der Waals surface area (Å²) in [5, 5.41) is 4.23. The van der Waals surface area contributed by atoms with E-state index in [0.717, 1.165) is 12.8 Å². The second kappa shape index (κ2) is 4.06. The molecular formula is C8H13F3N2O. The zero-order valence-corrected chi connectivity index (χ0v) is 7.82. The highest BCUT2D eigenvalue weighted by molar-refractivity contribution is 5.74. The van der Waals surface area contributed by atoms with E-state index >= 15 is 0 Å². The third-order valence-electron chi connectivity index (χ3n) is 2.14. The summed E-state index contributed by atoms with van der Waals surface area (Å²) < 4.78 is 35.0. The lowest BCUT2D eigenvalue weighted by atomic mass is 10.2. The minimum absolute atomic E-state index is 0.0387. The van der Waals surface area contributed by atoms with Crippen LogP contribution < -0.4 is 10.6 Å². The number of hydrogen-bond donors (Lipinski definition) is 2. The molecule has 14 heavy (non-hydrogen) atoms. The number of hydrogen-bond acceptors (Lipinski definition) is 1. The molecule has 3 nitrogen and oxygen atoms in total. The Balaban J connectivity index is 2.15. The van der Waals surface area contributed by atoms with E-state index < -0.39 is 18.8 Å². The van der Waals surface area contributed by atoms with E-state index in [4.69, 9.17) is 0 Å². The molecule has 2 amide bonds. The first kappa shape index (κ1) is 11.1. The minimum Gasteiger partial charge on any atom is -0.335 e. The fourth-order valence-corrected chi connectivity index (χ4v) is 1.15. The highest BCUT2D eigenvalue weighted by Gasteiger charge is 2.31. The van der Waals surface area contributed by atoms with E-state index in [2.05, 4.69) is 5.32 Å². The summed E-state index contributed by atoms with van der Waals surface area (Å²) in [6.07, 6.45) is -2.26. The highest BCUT2D eigenvalue weighted by Crippen LogP contribution is 2.32. The number of urea groups is 1. The highest BCUT2D eigenvalue weighted by atomic mass is 19.4. The van der Waals surface area contributed by atoms with Gasteiger partial charge in [0.15, 0.2) is 0 Å². The van der Waals surface area contributed by atoms with Gasteiger partial charge in [0, 0.05) is 6.04 Å². The van der Waals surface area contributed by atoms with Crippen LogP contribution in [0.3, 0.4) is 0 Å². The van der Waals surface area contributed by atoms with Gasteiger partial charge in [-0.15, -0.1) is 0 Å². The lowest BCUT2D eigenvalue weighted by molar-refractivity contribution is -0.122. The van der Waals surface area contributed by atoms with Crippen LogP contribution >= 0.6 is 0 Å².